The number of halogens is 1. The zero-order chi connectivity index (χ0) is 19.1. The highest BCUT2D eigenvalue weighted by Gasteiger charge is 2.14. The van der Waals surface area contributed by atoms with E-state index in [0.29, 0.717) is 11.4 Å². The van der Waals surface area contributed by atoms with Gasteiger partial charge in [-0.05, 0) is 42.0 Å². The van der Waals surface area contributed by atoms with Crippen LogP contribution in [0.5, 0.6) is 0 Å². The summed E-state index contributed by atoms with van der Waals surface area (Å²) in [4.78, 5) is 36.3. The van der Waals surface area contributed by atoms with E-state index in [4.69, 9.17) is 0 Å². The van der Waals surface area contributed by atoms with E-state index in [1.165, 1.54) is 30.9 Å². The summed E-state index contributed by atoms with van der Waals surface area (Å²) in [6, 6.07) is 12.4. The van der Waals surface area contributed by atoms with Crippen molar-refractivity contribution in [1.29, 1.82) is 0 Å². The van der Waals surface area contributed by atoms with Gasteiger partial charge in [-0.2, -0.15) is 0 Å². The molecule has 7 heteroatoms. The van der Waals surface area contributed by atoms with Gasteiger partial charge in [0.05, 0.1) is 0 Å². The van der Waals surface area contributed by atoms with E-state index in [1.807, 2.05) is 0 Å². The van der Waals surface area contributed by atoms with Gasteiger partial charge in [0, 0.05) is 31.8 Å². The molecule has 2 aromatic carbocycles. The molecule has 0 aromatic heterocycles. The minimum absolute atomic E-state index is 0.125. The van der Waals surface area contributed by atoms with Crippen molar-refractivity contribution in [1.82, 2.24) is 4.90 Å². The monoisotopic (exact) mass is 357 g/mol. The fraction of sp³-hybridized carbons (Fsp3) is 0.211. The Balaban J connectivity index is 1.95. The Morgan fingerprint density at radius 3 is 1.92 bits per heavy atom. The van der Waals surface area contributed by atoms with Gasteiger partial charge in [-0.25, -0.2) is 4.39 Å². The molecule has 26 heavy (non-hydrogen) atoms. The van der Waals surface area contributed by atoms with E-state index in [1.54, 1.807) is 36.4 Å². The number of hydrogen-bond acceptors (Lipinski definition) is 3. The summed E-state index contributed by atoms with van der Waals surface area (Å²) < 4.78 is 13.0. The van der Waals surface area contributed by atoms with Gasteiger partial charge in [-0.15, -0.1) is 0 Å². The maximum absolute atomic E-state index is 13.0. The first kappa shape index (κ1) is 19.1. The van der Waals surface area contributed by atoms with Crippen LogP contribution in [0.15, 0.2) is 48.5 Å². The van der Waals surface area contributed by atoms with E-state index in [0.717, 1.165) is 5.56 Å². The molecule has 0 atom stereocenters. The summed E-state index contributed by atoms with van der Waals surface area (Å²) in [5.41, 5.74) is 1.90. The molecule has 3 amide bonds. The van der Waals surface area contributed by atoms with Crippen LogP contribution in [-0.4, -0.2) is 29.2 Å². The average Bonchev–Trinajstić information content (AvgIpc) is 2.57. The molecule has 0 aliphatic rings. The van der Waals surface area contributed by atoms with E-state index < -0.39 is 0 Å². The lowest BCUT2D eigenvalue weighted by molar-refractivity contribution is -0.133. The van der Waals surface area contributed by atoms with Crippen molar-refractivity contribution in [3.8, 4) is 0 Å². The number of amides is 3. The molecule has 0 bridgehead atoms. The number of anilines is 2. The average molecular weight is 357 g/mol. The van der Waals surface area contributed by atoms with Crippen molar-refractivity contribution >= 4 is 29.1 Å². The Labute approximate surface area is 151 Å². The van der Waals surface area contributed by atoms with Crippen molar-refractivity contribution in [3.63, 3.8) is 0 Å². The molecule has 6 nitrogen and oxygen atoms in total. The number of carbonyl (C=O) groups is 3. The van der Waals surface area contributed by atoms with Gasteiger partial charge in [-0.3, -0.25) is 14.4 Å². The summed E-state index contributed by atoms with van der Waals surface area (Å²) in [5.74, 6) is -1.15. The summed E-state index contributed by atoms with van der Waals surface area (Å²) >= 11 is 0. The van der Waals surface area contributed by atoms with Crippen molar-refractivity contribution in [2.24, 2.45) is 0 Å². The van der Waals surface area contributed by atoms with Gasteiger partial charge in [0.2, 0.25) is 17.7 Å². The lowest BCUT2D eigenvalue weighted by atomic mass is 10.2. The molecule has 0 heterocycles. The first-order valence-electron chi connectivity index (χ1n) is 8.01. The molecular weight excluding hydrogens is 337 g/mol. The number of carbonyl (C=O) groups excluding carboxylic acids is 3. The first-order valence-corrected chi connectivity index (χ1v) is 8.01. The number of benzene rings is 2. The Kier molecular flexibility index (Phi) is 6.43. The quantitative estimate of drug-likeness (QED) is 0.834. The normalized spacial score (nSPS) is 10.1. The second kappa shape index (κ2) is 8.75. The molecule has 0 saturated heterocycles. The third kappa shape index (κ3) is 6.01. The van der Waals surface area contributed by atoms with E-state index in [-0.39, 0.29) is 36.6 Å². The Morgan fingerprint density at radius 1 is 0.885 bits per heavy atom. The minimum Gasteiger partial charge on any atom is -0.329 e. The van der Waals surface area contributed by atoms with Crippen LogP contribution < -0.4 is 10.6 Å². The lowest BCUT2D eigenvalue weighted by Gasteiger charge is -2.20. The Bertz CT molecular complexity index is 789. The van der Waals surface area contributed by atoms with Crippen LogP contribution in [0.3, 0.4) is 0 Å². The second-order valence-corrected chi connectivity index (χ2v) is 5.81. The van der Waals surface area contributed by atoms with Crippen molar-refractivity contribution in [2.75, 3.05) is 17.2 Å². The smallest absolute Gasteiger partial charge is 0.244 e. The molecule has 2 N–H and O–H groups in total. The number of rotatable bonds is 6. The molecular formula is C19H20FN3O3. The van der Waals surface area contributed by atoms with Crippen LogP contribution in [0.2, 0.25) is 0 Å². The molecule has 0 spiro atoms. The van der Waals surface area contributed by atoms with E-state index >= 15 is 0 Å². The molecule has 2 aromatic rings. The molecule has 0 radical (unpaired) electrons. The van der Waals surface area contributed by atoms with Crippen LogP contribution in [0.1, 0.15) is 19.4 Å². The summed E-state index contributed by atoms with van der Waals surface area (Å²) in [5, 5.41) is 5.33. The summed E-state index contributed by atoms with van der Waals surface area (Å²) in [6.45, 7) is 2.87. The maximum atomic E-state index is 13.0. The van der Waals surface area contributed by atoms with E-state index in [2.05, 4.69) is 10.6 Å². The zero-order valence-corrected chi connectivity index (χ0v) is 14.6. The second-order valence-electron chi connectivity index (χ2n) is 5.81. The van der Waals surface area contributed by atoms with Gasteiger partial charge in [0.1, 0.15) is 12.4 Å². The first-order chi connectivity index (χ1) is 12.3. The highest BCUT2D eigenvalue weighted by Crippen LogP contribution is 2.14. The van der Waals surface area contributed by atoms with Crippen molar-refractivity contribution < 1.29 is 18.8 Å². The minimum atomic E-state index is -0.358. The maximum Gasteiger partial charge on any atom is 0.244 e. The Morgan fingerprint density at radius 2 is 1.42 bits per heavy atom. The van der Waals surface area contributed by atoms with Gasteiger partial charge in [-0.1, -0.05) is 12.1 Å². The SMILES string of the molecule is CC(=O)Nc1ccc(NC(=O)CN(Cc2ccc(F)cc2)C(C)=O)cc1. The molecule has 0 unspecified atom stereocenters. The molecule has 0 aliphatic carbocycles. The Hall–Kier alpha value is -3.22. The van der Waals surface area contributed by atoms with Crippen LogP contribution in [0.4, 0.5) is 15.8 Å². The van der Waals surface area contributed by atoms with Crippen LogP contribution in [-0.2, 0) is 20.9 Å². The predicted molar refractivity (Wildman–Crippen MR) is 96.9 cm³/mol. The highest BCUT2D eigenvalue weighted by molar-refractivity contribution is 5.95. The third-order valence-electron chi connectivity index (χ3n) is 3.56. The zero-order valence-electron chi connectivity index (χ0n) is 14.6. The molecule has 2 rings (SSSR count). The topological polar surface area (TPSA) is 78.5 Å². The fourth-order valence-corrected chi connectivity index (χ4v) is 2.30. The lowest BCUT2D eigenvalue weighted by Crippen LogP contribution is -2.36. The standard InChI is InChI=1S/C19H20FN3O3/c1-13(24)21-17-7-9-18(10-8-17)22-19(26)12-23(14(2)25)11-15-3-5-16(20)6-4-15/h3-10H,11-12H2,1-2H3,(H,21,24)(H,22,26). The summed E-state index contributed by atoms with van der Waals surface area (Å²) in [6.07, 6.45) is 0. The number of nitrogens with zero attached hydrogens (tertiary/aromatic N) is 1. The van der Waals surface area contributed by atoms with Gasteiger partial charge in [0.15, 0.2) is 0 Å². The van der Waals surface area contributed by atoms with Gasteiger partial charge >= 0.3 is 0 Å². The molecule has 0 fully saturated rings. The summed E-state index contributed by atoms with van der Waals surface area (Å²) in [7, 11) is 0. The number of nitrogens with one attached hydrogen (secondary N) is 2. The fourth-order valence-electron chi connectivity index (χ4n) is 2.30. The third-order valence-corrected chi connectivity index (χ3v) is 3.56. The highest BCUT2D eigenvalue weighted by atomic mass is 19.1. The molecule has 136 valence electrons. The predicted octanol–water partition coefficient (Wildman–Crippen LogP) is 2.77. The van der Waals surface area contributed by atoms with Crippen molar-refractivity contribution in [2.45, 2.75) is 20.4 Å². The van der Waals surface area contributed by atoms with Gasteiger partial charge < -0.3 is 15.5 Å². The van der Waals surface area contributed by atoms with Crippen molar-refractivity contribution in [3.05, 3.63) is 59.9 Å². The van der Waals surface area contributed by atoms with Crippen LogP contribution >= 0.6 is 0 Å². The largest absolute Gasteiger partial charge is 0.329 e. The number of hydrogen-bond donors (Lipinski definition) is 2. The van der Waals surface area contributed by atoms with E-state index in [9.17, 15) is 18.8 Å². The molecule has 0 aliphatic heterocycles. The van der Waals surface area contributed by atoms with Crippen LogP contribution in [0.25, 0.3) is 0 Å². The van der Waals surface area contributed by atoms with Gasteiger partial charge in [0.25, 0.3) is 0 Å². The van der Waals surface area contributed by atoms with Crippen LogP contribution in [0, 0.1) is 5.82 Å². The molecule has 0 saturated carbocycles.